The van der Waals surface area contributed by atoms with E-state index in [1.165, 1.54) is 18.3 Å². The Balaban J connectivity index is 2.08. The molecule has 0 bridgehead atoms. The maximum atomic E-state index is 12.1. The number of hydrogen-bond donors (Lipinski definition) is 2. The number of benzene rings is 2. The molecular weight excluding hydrogens is 361 g/mol. The summed E-state index contributed by atoms with van der Waals surface area (Å²) in [5, 5.41) is 14.7. The molecule has 0 radical (unpaired) electrons. The number of hydrogen-bond acceptors (Lipinski definition) is 4. The highest BCUT2D eigenvalue weighted by Gasteiger charge is 2.10. The van der Waals surface area contributed by atoms with E-state index in [-0.39, 0.29) is 16.3 Å². The van der Waals surface area contributed by atoms with Gasteiger partial charge in [0.25, 0.3) is 5.91 Å². The van der Waals surface area contributed by atoms with E-state index in [0.717, 1.165) is 18.8 Å². The minimum Gasteiger partial charge on any atom is -0.507 e. The topological polar surface area (TPSA) is 64.9 Å². The molecule has 2 aromatic carbocycles. The van der Waals surface area contributed by atoms with Crippen molar-refractivity contribution in [3.8, 4) is 5.75 Å². The summed E-state index contributed by atoms with van der Waals surface area (Å²) in [6.45, 7) is 5.79. The molecule has 0 heterocycles. The standard InChI is InChI=1S/C18H19Cl2N3O2/c1-3-23(4-2)14-7-5-12(17(24)10-14)11-21-22-18(25)15-8-6-13(19)9-16(15)20/h5-11,24H,3-4H2,1-2H3,(H,22,25)/b21-11+. The van der Waals surface area contributed by atoms with Gasteiger partial charge in [-0.05, 0) is 44.2 Å². The molecule has 0 unspecified atom stereocenters. The first kappa shape index (κ1) is 19.1. The summed E-state index contributed by atoms with van der Waals surface area (Å²) in [5.41, 5.74) is 4.07. The zero-order valence-corrected chi connectivity index (χ0v) is 15.5. The molecule has 2 N–H and O–H groups in total. The number of carbonyl (C=O) groups is 1. The monoisotopic (exact) mass is 379 g/mol. The molecule has 0 aliphatic rings. The molecule has 1 amide bonds. The highest BCUT2D eigenvalue weighted by atomic mass is 35.5. The molecule has 2 rings (SSSR count). The lowest BCUT2D eigenvalue weighted by Gasteiger charge is -2.21. The molecule has 0 fully saturated rings. The number of halogens is 2. The number of phenols is 1. The molecule has 0 saturated carbocycles. The van der Waals surface area contributed by atoms with E-state index >= 15 is 0 Å². The first-order chi connectivity index (χ1) is 12.0. The lowest BCUT2D eigenvalue weighted by atomic mass is 10.2. The van der Waals surface area contributed by atoms with E-state index in [0.29, 0.717) is 10.6 Å². The zero-order valence-electron chi connectivity index (χ0n) is 14.0. The van der Waals surface area contributed by atoms with Gasteiger partial charge in [0.05, 0.1) is 16.8 Å². The Hall–Kier alpha value is -2.24. The number of aromatic hydroxyl groups is 1. The molecule has 5 nitrogen and oxygen atoms in total. The van der Waals surface area contributed by atoms with Crippen molar-refractivity contribution in [2.75, 3.05) is 18.0 Å². The summed E-state index contributed by atoms with van der Waals surface area (Å²) in [6, 6.07) is 9.89. The van der Waals surface area contributed by atoms with E-state index in [1.54, 1.807) is 18.2 Å². The first-order valence-electron chi connectivity index (χ1n) is 7.82. The Labute approximate surface area is 156 Å². The highest BCUT2D eigenvalue weighted by Crippen LogP contribution is 2.24. The number of phenolic OH excluding ortho intramolecular Hbond substituents is 1. The van der Waals surface area contributed by atoms with Crippen molar-refractivity contribution in [3.05, 3.63) is 57.6 Å². The third-order valence-electron chi connectivity index (χ3n) is 3.69. The number of amides is 1. The fourth-order valence-electron chi connectivity index (χ4n) is 2.32. The van der Waals surface area contributed by atoms with Crippen LogP contribution in [0.4, 0.5) is 5.69 Å². The van der Waals surface area contributed by atoms with Crippen LogP contribution in [-0.4, -0.2) is 30.3 Å². The van der Waals surface area contributed by atoms with Crippen LogP contribution in [0, 0.1) is 0 Å². The second-order valence-corrected chi connectivity index (χ2v) is 6.08. The summed E-state index contributed by atoms with van der Waals surface area (Å²) in [7, 11) is 0. The zero-order chi connectivity index (χ0) is 18.4. The van der Waals surface area contributed by atoms with E-state index in [1.807, 2.05) is 19.9 Å². The van der Waals surface area contributed by atoms with Crippen LogP contribution in [0.2, 0.25) is 10.0 Å². The van der Waals surface area contributed by atoms with Crippen LogP contribution in [0.15, 0.2) is 41.5 Å². The molecule has 0 saturated heterocycles. The Morgan fingerprint density at radius 3 is 2.52 bits per heavy atom. The van der Waals surface area contributed by atoms with Crippen molar-refractivity contribution >= 4 is 41.0 Å². The summed E-state index contributed by atoms with van der Waals surface area (Å²) >= 11 is 11.8. The van der Waals surface area contributed by atoms with Crippen LogP contribution in [0.3, 0.4) is 0 Å². The van der Waals surface area contributed by atoms with Crippen LogP contribution in [0.25, 0.3) is 0 Å². The number of anilines is 1. The summed E-state index contributed by atoms with van der Waals surface area (Å²) < 4.78 is 0. The van der Waals surface area contributed by atoms with Crippen LogP contribution >= 0.6 is 23.2 Å². The minimum absolute atomic E-state index is 0.0897. The third-order valence-corrected chi connectivity index (χ3v) is 4.24. The van der Waals surface area contributed by atoms with Gasteiger partial charge in [-0.1, -0.05) is 23.2 Å². The van der Waals surface area contributed by atoms with Gasteiger partial charge in [-0.25, -0.2) is 5.43 Å². The van der Waals surface area contributed by atoms with Gasteiger partial charge < -0.3 is 10.0 Å². The molecule has 0 aromatic heterocycles. The average molecular weight is 380 g/mol. The maximum absolute atomic E-state index is 12.1. The average Bonchev–Trinajstić information content (AvgIpc) is 2.57. The van der Waals surface area contributed by atoms with E-state index < -0.39 is 5.91 Å². The summed E-state index contributed by atoms with van der Waals surface area (Å²) in [5.74, 6) is -0.371. The fourth-order valence-corrected chi connectivity index (χ4v) is 2.82. The molecule has 0 atom stereocenters. The lowest BCUT2D eigenvalue weighted by molar-refractivity contribution is 0.0955. The Morgan fingerprint density at radius 1 is 1.20 bits per heavy atom. The van der Waals surface area contributed by atoms with E-state index in [9.17, 15) is 9.90 Å². The maximum Gasteiger partial charge on any atom is 0.272 e. The van der Waals surface area contributed by atoms with Crippen LogP contribution in [0.1, 0.15) is 29.8 Å². The van der Waals surface area contributed by atoms with Crippen molar-refractivity contribution in [1.29, 1.82) is 0 Å². The molecular formula is C18H19Cl2N3O2. The molecule has 0 spiro atoms. The van der Waals surface area contributed by atoms with Crippen LogP contribution < -0.4 is 10.3 Å². The molecule has 2 aromatic rings. The second kappa shape index (κ2) is 8.74. The smallest absolute Gasteiger partial charge is 0.272 e. The number of nitrogens with one attached hydrogen (secondary N) is 1. The van der Waals surface area contributed by atoms with Crippen LogP contribution in [0.5, 0.6) is 5.75 Å². The SMILES string of the molecule is CCN(CC)c1ccc(/C=N/NC(=O)c2ccc(Cl)cc2Cl)c(O)c1. The lowest BCUT2D eigenvalue weighted by Crippen LogP contribution is -2.21. The van der Waals surface area contributed by atoms with Gasteiger partial charge in [0.2, 0.25) is 0 Å². The largest absolute Gasteiger partial charge is 0.507 e. The van der Waals surface area contributed by atoms with E-state index in [4.69, 9.17) is 23.2 Å². The van der Waals surface area contributed by atoms with Crippen molar-refractivity contribution in [2.24, 2.45) is 5.10 Å². The molecule has 0 aliphatic heterocycles. The highest BCUT2D eigenvalue weighted by molar-refractivity contribution is 6.36. The quantitative estimate of drug-likeness (QED) is 0.580. The molecule has 0 aliphatic carbocycles. The second-order valence-electron chi connectivity index (χ2n) is 5.24. The van der Waals surface area contributed by atoms with Crippen molar-refractivity contribution in [1.82, 2.24) is 5.43 Å². The van der Waals surface area contributed by atoms with Gasteiger partial charge in [-0.2, -0.15) is 5.10 Å². The number of hydrazone groups is 1. The van der Waals surface area contributed by atoms with Crippen molar-refractivity contribution in [3.63, 3.8) is 0 Å². The normalized spacial score (nSPS) is 10.9. The minimum atomic E-state index is -0.461. The molecule has 25 heavy (non-hydrogen) atoms. The van der Waals surface area contributed by atoms with E-state index in [2.05, 4.69) is 15.4 Å². The Kier molecular flexibility index (Phi) is 6.67. The predicted octanol–water partition coefficient (Wildman–Crippen LogP) is 4.31. The number of rotatable bonds is 6. The number of carbonyl (C=O) groups excluding carboxylic acids is 1. The van der Waals surface area contributed by atoms with Gasteiger partial charge in [0.15, 0.2) is 0 Å². The first-order valence-corrected chi connectivity index (χ1v) is 8.58. The Bertz CT molecular complexity index is 790. The third kappa shape index (κ3) is 4.87. The Morgan fingerprint density at radius 2 is 1.92 bits per heavy atom. The number of nitrogens with zero attached hydrogens (tertiary/aromatic N) is 2. The van der Waals surface area contributed by atoms with Gasteiger partial charge in [-0.3, -0.25) is 4.79 Å². The molecule has 132 valence electrons. The van der Waals surface area contributed by atoms with Gasteiger partial charge in [0.1, 0.15) is 5.75 Å². The predicted molar refractivity (Wildman–Crippen MR) is 103 cm³/mol. The molecule has 7 heteroatoms. The summed E-state index contributed by atoms with van der Waals surface area (Å²) in [6.07, 6.45) is 1.38. The van der Waals surface area contributed by atoms with Gasteiger partial charge in [-0.15, -0.1) is 0 Å². The fraction of sp³-hybridized carbons (Fsp3) is 0.222. The van der Waals surface area contributed by atoms with Gasteiger partial charge >= 0.3 is 0 Å². The van der Waals surface area contributed by atoms with Crippen LogP contribution in [-0.2, 0) is 0 Å². The van der Waals surface area contributed by atoms with Gasteiger partial charge in [0, 0.05) is 35.4 Å². The summed E-state index contributed by atoms with van der Waals surface area (Å²) in [4.78, 5) is 14.2. The van der Waals surface area contributed by atoms with Crippen molar-refractivity contribution < 1.29 is 9.90 Å². The van der Waals surface area contributed by atoms with Crippen molar-refractivity contribution in [2.45, 2.75) is 13.8 Å².